The molecule has 15 heavy (non-hydrogen) atoms. The van der Waals surface area contributed by atoms with E-state index >= 15 is 0 Å². The Morgan fingerprint density at radius 3 is 2.73 bits per heavy atom. The van der Waals surface area contributed by atoms with E-state index in [0.717, 1.165) is 12.1 Å². The van der Waals surface area contributed by atoms with Gasteiger partial charge in [0.25, 0.3) is 0 Å². The molecule has 0 amide bonds. The van der Waals surface area contributed by atoms with Crippen LogP contribution in [0.2, 0.25) is 0 Å². The summed E-state index contributed by atoms with van der Waals surface area (Å²) in [7, 11) is 0. The fourth-order valence-corrected chi connectivity index (χ4v) is 1.18. The van der Waals surface area contributed by atoms with Crippen LogP contribution < -0.4 is 10.5 Å². The molecule has 0 aromatic carbocycles. The van der Waals surface area contributed by atoms with Crippen molar-refractivity contribution in [2.45, 2.75) is 33.2 Å². The molecule has 84 valence electrons. The molecule has 0 saturated carbocycles. The normalized spacial score (nSPS) is 12.9. The zero-order valence-corrected chi connectivity index (χ0v) is 9.60. The van der Waals surface area contributed by atoms with Gasteiger partial charge in [-0.25, -0.2) is 4.98 Å². The summed E-state index contributed by atoms with van der Waals surface area (Å²) < 4.78 is 5.27. The fourth-order valence-electron chi connectivity index (χ4n) is 1.18. The highest BCUT2D eigenvalue weighted by molar-refractivity contribution is 5.09. The van der Waals surface area contributed by atoms with Gasteiger partial charge in [-0.2, -0.15) is 0 Å². The predicted octanol–water partition coefficient (Wildman–Crippen LogP) is 1.40. The Morgan fingerprint density at radius 2 is 2.13 bits per heavy atom. The standard InChI is InChI=1S/C11H19N3O/c1-4-15-11-7-13-6-9(14-11)5-10(12)8(2)3/h6-8,10H,4-5,12H2,1-3H3. The maximum absolute atomic E-state index is 5.96. The number of nitrogens with two attached hydrogens (primary N) is 1. The summed E-state index contributed by atoms with van der Waals surface area (Å²) in [4.78, 5) is 8.39. The number of ether oxygens (including phenoxy) is 1. The van der Waals surface area contributed by atoms with Crippen molar-refractivity contribution < 1.29 is 4.74 Å². The first-order chi connectivity index (χ1) is 7.13. The molecule has 2 N–H and O–H groups in total. The maximum Gasteiger partial charge on any atom is 0.232 e. The summed E-state index contributed by atoms with van der Waals surface area (Å²) in [6.45, 7) is 6.73. The van der Waals surface area contributed by atoms with Gasteiger partial charge in [0.15, 0.2) is 0 Å². The van der Waals surface area contributed by atoms with Crippen molar-refractivity contribution in [3.8, 4) is 5.88 Å². The van der Waals surface area contributed by atoms with Crippen LogP contribution in [-0.2, 0) is 6.42 Å². The number of hydrogen-bond acceptors (Lipinski definition) is 4. The lowest BCUT2D eigenvalue weighted by Gasteiger charge is -2.14. The number of nitrogens with zero attached hydrogens (tertiary/aromatic N) is 2. The van der Waals surface area contributed by atoms with E-state index in [1.807, 2.05) is 6.92 Å². The Hall–Kier alpha value is -1.16. The van der Waals surface area contributed by atoms with Crippen LogP contribution in [0.1, 0.15) is 26.5 Å². The number of rotatable bonds is 5. The molecule has 0 spiro atoms. The van der Waals surface area contributed by atoms with Crippen molar-refractivity contribution in [1.82, 2.24) is 9.97 Å². The number of hydrogen-bond donors (Lipinski definition) is 1. The van der Waals surface area contributed by atoms with Crippen molar-refractivity contribution in [2.24, 2.45) is 11.7 Å². The first-order valence-corrected chi connectivity index (χ1v) is 5.32. The van der Waals surface area contributed by atoms with Crippen molar-refractivity contribution in [3.63, 3.8) is 0 Å². The second-order valence-electron chi connectivity index (χ2n) is 3.89. The van der Waals surface area contributed by atoms with E-state index < -0.39 is 0 Å². The second kappa shape index (κ2) is 5.66. The van der Waals surface area contributed by atoms with Crippen molar-refractivity contribution >= 4 is 0 Å². The molecule has 0 aliphatic rings. The molecule has 0 fully saturated rings. The zero-order valence-electron chi connectivity index (χ0n) is 9.60. The van der Waals surface area contributed by atoms with E-state index in [0.29, 0.717) is 18.4 Å². The van der Waals surface area contributed by atoms with Gasteiger partial charge < -0.3 is 10.5 Å². The summed E-state index contributed by atoms with van der Waals surface area (Å²) in [5.74, 6) is 1.02. The topological polar surface area (TPSA) is 61.0 Å². The molecule has 1 aromatic heterocycles. The van der Waals surface area contributed by atoms with E-state index in [1.54, 1.807) is 12.4 Å². The number of aromatic nitrogens is 2. The largest absolute Gasteiger partial charge is 0.477 e. The third-order valence-corrected chi connectivity index (χ3v) is 2.26. The monoisotopic (exact) mass is 209 g/mol. The van der Waals surface area contributed by atoms with E-state index in [2.05, 4.69) is 23.8 Å². The average Bonchev–Trinajstić information content (AvgIpc) is 2.18. The van der Waals surface area contributed by atoms with Crippen LogP contribution >= 0.6 is 0 Å². The third-order valence-electron chi connectivity index (χ3n) is 2.26. The summed E-state index contributed by atoms with van der Waals surface area (Å²) in [6, 6.07) is 0.121. The van der Waals surface area contributed by atoms with Gasteiger partial charge >= 0.3 is 0 Å². The SMILES string of the molecule is CCOc1cncc(CC(N)C(C)C)n1. The first kappa shape index (κ1) is 11.9. The van der Waals surface area contributed by atoms with Crippen LogP contribution in [0.3, 0.4) is 0 Å². The lowest BCUT2D eigenvalue weighted by atomic mass is 10.0. The lowest BCUT2D eigenvalue weighted by molar-refractivity contribution is 0.323. The van der Waals surface area contributed by atoms with Crippen LogP contribution in [0.25, 0.3) is 0 Å². The lowest BCUT2D eigenvalue weighted by Crippen LogP contribution is -2.29. The summed E-state index contributed by atoms with van der Waals surface area (Å²) in [5, 5.41) is 0. The molecule has 1 heterocycles. The van der Waals surface area contributed by atoms with Gasteiger partial charge in [0.2, 0.25) is 5.88 Å². The minimum absolute atomic E-state index is 0.121. The fraction of sp³-hybridized carbons (Fsp3) is 0.636. The summed E-state index contributed by atoms with van der Waals surface area (Å²) in [6.07, 6.45) is 4.10. The molecular weight excluding hydrogens is 190 g/mol. The van der Waals surface area contributed by atoms with Crippen molar-refractivity contribution in [1.29, 1.82) is 0 Å². The van der Waals surface area contributed by atoms with Crippen molar-refractivity contribution in [3.05, 3.63) is 18.1 Å². The van der Waals surface area contributed by atoms with E-state index in [-0.39, 0.29) is 6.04 Å². The zero-order chi connectivity index (χ0) is 11.3. The van der Waals surface area contributed by atoms with Gasteiger partial charge in [0.1, 0.15) is 0 Å². The van der Waals surface area contributed by atoms with Gasteiger partial charge in [-0.15, -0.1) is 0 Å². The van der Waals surface area contributed by atoms with E-state index in [1.165, 1.54) is 0 Å². The molecule has 1 rings (SSSR count). The second-order valence-corrected chi connectivity index (χ2v) is 3.89. The van der Waals surface area contributed by atoms with Gasteiger partial charge in [-0.1, -0.05) is 13.8 Å². The van der Waals surface area contributed by atoms with Crippen LogP contribution in [0.5, 0.6) is 5.88 Å². The first-order valence-electron chi connectivity index (χ1n) is 5.32. The molecule has 0 aliphatic heterocycles. The molecule has 0 saturated heterocycles. The minimum Gasteiger partial charge on any atom is -0.477 e. The highest BCUT2D eigenvalue weighted by atomic mass is 16.5. The molecule has 1 unspecified atom stereocenters. The summed E-state index contributed by atoms with van der Waals surface area (Å²) >= 11 is 0. The molecule has 4 nitrogen and oxygen atoms in total. The highest BCUT2D eigenvalue weighted by Crippen LogP contribution is 2.09. The van der Waals surface area contributed by atoms with Gasteiger partial charge in [0, 0.05) is 18.7 Å². The molecule has 1 atom stereocenters. The Labute approximate surface area is 90.9 Å². The van der Waals surface area contributed by atoms with Crippen LogP contribution in [0, 0.1) is 5.92 Å². The average molecular weight is 209 g/mol. The molecule has 0 aliphatic carbocycles. The predicted molar refractivity (Wildman–Crippen MR) is 59.7 cm³/mol. The van der Waals surface area contributed by atoms with E-state index in [4.69, 9.17) is 10.5 Å². The quantitative estimate of drug-likeness (QED) is 0.796. The minimum atomic E-state index is 0.121. The Morgan fingerprint density at radius 1 is 1.40 bits per heavy atom. The van der Waals surface area contributed by atoms with Crippen LogP contribution in [0.4, 0.5) is 0 Å². The van der Waals surface area contributed by atoms with Gasteiger partial charge in [0.05, 0.1) is 18.5 Å². The highest BCUT2D eigenvalue weighted by Gasteiger charge is 2.10. The van der Waals surface area contributed by atoms with Gasteiger partial charge in [-0.05, 0) is 12.8 Å². The molecule has 0 radical (unpaired) electrons. The smallest absolute Gasteiger partial charge is 0.232 e. The molecule has 4 heteroatoms. The third kappa shape index (κ3) is 3.83. The Kier molecular flexibility index (Phi) is 4.49. The molecular formula is C11H19N3O. The Bertz CT molecular complexity index is 302. The van der Waals surface area contributed by atoms with Crippen LogP contribution in [-0.4, -0.2) is 22.6 Å². The summed E-state index contributed by atoms with van der Waals surface area (Å²) in [5.41, 5.74) is 6.85. The van der Waals surface area contributed by atoms with Crippen molar-refractivity contribution in [2.75, 3.05) is 6.61 Å². The van der Waals surface area contributed by atoms with E-state index in [9.17, 15) is 0 Å². The molecule has 1 aromatic rings. The molecule has 0 bridgehead atoms. The van der Waals surface area contributed by atoms with Gasteiger partial charge in [-0.3, -0.25) is 4.98 Å². The maximum atomic E-state index is 5.96. The Balaban J connectivity index is 2.64. The van der Waals surface area contributed by atoms with Crippen LogP contribution in [0.15, 0.2) is 12.4 Å².